The fourth-order valence-corrected chi connectivity index (χ4v) is 9.11. The second-order valence-electron chi connectivity index (χ2n) is 12.3. The van der Waals surface area contributed by atoms with E-state index in [0.717, 1.165) is 51.4 Å². The number of fused-ring (bicyclic) bond motifs is 7. The Kier molecular flexibility index (Phi) is 5.17. The van der Waals surface area contributed by atoms with E-state index in [0.29, 0.717) is 23.7 Å². The SMILES string of the molecule is CC(=O)OCC(=O)[C@@]12OC(C)(C)O[C@@H]1C[C@H]1[C@@H]3CC[C@H]4C[C@@H](O)CC[C@]4(C)[C@H]3CC[C@@]12C. The number of carbonyl (C=O) groups excluding carboxylic acids is 2. The molecule has 9 atom stereocenters. The molecule has 5 aliphatic rings. The van der Waals surface area contributed by atoms with E-state index < -0.39 is 17.4 Å². The van der Waals surface area contributed by atoms with Crippen molar-refractivity contribution in [2.75, 3.05) is 6.61 Å². The molecule has 0 aromatic carbocycles. The van der Waals surface area contributed by atoms with Gasteiger partial charge in [0.05, 0.1) is 12.2 Å². The van der Waals surface area contributed by atoms with Crippen molar-refractivity contribution in [1.29, 1.82) is 0 Å². The monoisotopic (exact) mass is 448 g/mol. The number of rotatable bonds is 3. The van der Waals surface area contributed by atoms with Crippen LogP contribution in [0.5, 0.6) is 0 Å². The number of hydrogen-bond acceptors (Lipinski definition) is 6. The van der Waals surface area contributed by atoms with Crippen molar-refractivity contribution >= 4 is 11.8 Å². The van der Waals surface area contributed by atoms with E-state index >= 15 is 0 Å². The van der Waals surface area contributed by atoms with Crippen LogP contribution in [0.15, 0.2) is 0 Å². The molecule has 6 heteroatoms. The van der Waals surface area contributed by atoms with Crippen LogP contribution in [0.3, 0.4) is 0 Å². The number of aliphatic hydroxyl groups is 1. The molecule has 1 aliphatic heterocycles. The lowest BCUT2D eigenvalue weighted by atomic mass is 9.44. The molecule has 32 heavy (non-hydrogen) atoms. The average molecular weight is 449 g/mol. The second kappa shape index (κ2) is 7.26. The average Bonchev–Trinajstić information content (AvgIpc) is 3.12. The number of esters is 1. The molecule has 0 aromatic rings. The van der Waals surface area contributed by atoms with Crippen LogP contribution in [0.1, 0.15) is 86.0 Å². The van der Waals surface area contributed by atoms with Gasteiger partial charge in [-0.15, -0.1) is 0 Å². The van der Waals surface area contributed by atoms with Gasteiger partial charge in [0, 0.05) is 12.3 Å². The summed E-state index contributed by atoms with van der Waals surface area (Å²) in [5.41, 5.74) is -1.11. The van der Waals surface area contributed by atoms with Crippen molar-refractivity contribution in [3.63, 3.8) is 0 Å². The van der Waals surface area contributed by atoms with Crippen molar-refractivity contribution in [1.82, 2.24) is 0 Å². The molecule has 5 rings (SSSR count). The maximum Gasteiger partial charge on any atom is 0.303 e. The summed E-state index contributed by atoms with van der Waals surface area (Å²) in [6, 6.07) is 0. The van der Waals surface area contributed by atoms with Crippen LogP contribution < -0.4 is 0 Å². The molecule has 0 radical (unpaired) electrons. The van der Waals surface area contributed by atoms with Gasteiger partial charge in [0.25, 0.3) is 0 Å². The number of ketones is 1. The fraction of sp³-hybridized carbons (Fsp3) is 0.923. The standard InChI is InChI=1S/C26H40O6/c1-15(27)30-14-21(29)26-22(31-23(2,3)32-26)13-20-18-7-6-16-12-17(28)8-10-24(16,4)19(18)9-11-25(20,26)5/h16-20,22,28H,6-14H2,1-5H3/t16-,17-,18+,19-,20-,22+,24-,25-,26+/m0/s1. The lowest BCUT2D eigenvalue weighted by Gasteiger charge is -2.61. The molecule has 1 N–H and O–H groups in total. The van der Waals surface area contributed by atoms with Gasteiger partial charge >= 0.3 is 5.97 Å². The van der Waals surface area contributed by atoms with Crippen molar-refractivity contribution in [3.05, 3.63) is 0 Å². The molecular formula is C26H40O6. The normalized spacial score (nSPS) is 51.2. The Hall–Kier alpha value is -0.980. The number of aliphatic hydroxyl groups excluding tert-OH is 1. The molecule has 0 spiro atoms. The highest BCUT2D eigenvalue weighted by Crippen LogP contribution is 2.71. The van der Waals surface area contributed by atoms with Crippen molar-refractivity contribution in [2.45, 2.75) is 110 Å². The van der Waals surface area contributed by atoms with Crippen LogP contribution in [-0.4, -0.2) is 47.1 Å². The summed E-state index contributed by atoms with van der Waals surface area (Å²) in [4.78, 5) is 25.1. The Morgan fingerprint density at radius 2 is 1.75 bits per heavy atom. The summed E-state index contributed by atoms with van der Waals surface area (Å²) in [6.45, 7) is 9.56. The highest BCUT2D eigenvalue weighted by atomic mass is 16.8. The zero-order valence-electron chi connectivity index (χ0n) is 20.3. The molecule has 5 fully saturated rings. The lowest BCUT2D eigenvalue weighted by Crippen LogP contribution is -2.62. The number of ether oxygens (including phenoxy) is 3. The molecule has 1 saturated heterocycles. The summed E-state index contributed by atoms with van der Waals surface area (Å²) in [6.07, 6.45) is 7.66. The van der Waals surface area contributed by atoms with E-state index in [1.807, 2.05) is 13.8 Å². The van der Waals surface area contributed by atoms with Gasteiger partial charge in [0.2, 0.25) is 5.78 Å². The number of Topliss-reactive ketones (excluding diaryl/α,β-unsaturated/α-hetero) is 1. The van der Waals surface area contributed by atoms with Gasteiger partial charge in [-0.3, -0.25) is 9.59 Å². The maximum atomic E-state index is 13.7. The van der Waals surface area contributed by atoms with Crippen LogP contribution in [0.25, 0.3) is 0 Å². The van der Waals surface area contributed by atoms with Crippen molar-refractivity contribution in [2.24, 2.45) is 34.5 Å². The molecule has 4 aliphatic carbocycles. The molecule has 0 unspecified atom stereocenters. The minimum atomic E-state index is -1.05. The minimum Gasteiger partial charge on any atom is -0.458 e. The third-order valence-electron chi connectivity index (χ3n) is 10.5. The molecule has 4 saturated carbocycles. The van der Waals surface area contributed by atoms with Crippen LogP contribution in [0.4, 0.5) is 0 Å². The van der Waals surface area contributed by atoms with E-state index in [1.165, 1.54) is 6.92 Å². The molecular weight excluding hydrogens is 408 g/mol. The van der Waals surface area contributed by atoms with E-state index in [1.54, 1.807) is 0 Å². The van der Waals surface area contributed by atoms with Gasteiger partial charge < -0.3 is 19.3 Å². The van der Waals surface area contributed by atoms with Crippen LogP contribution in [-0.2, 0) is 23.8 Å². The quantitative estimate of drug-likeness (QED) is 0.657. The number of carbonyl (C=O) groups is 2. The predicted molar refractivity (Wildman–Crippen MR) is 118 cm³/mol. The number of hydrogen-bond donors (Lipinski definition) is 1. The summed E-state index contributed by atoms with van der Waals surface area (Å²) in [7, 11) is 0. The molecule has 6 nitrogen and oxygen atoms in total. The Bertz CT molecular complexity index is 808. The third kappa shape index (κ3) is 3.01. The van der Waals surface area contributed by atoms with Gasteiger partial charge in [0.15, 0.2) is 18.0 Å². The Labute approximate surface area is 191 Å². The maximum absolute atomic E-state index is 13.7. The largest absolute Gasteiger partial charge is 0.458 e. The Morgan fingerprint density at radius 3 is 2.47 bits per heavy atom. The minimum absolute atomic E-state index is 0.143. The van der Waals surface area contributed by atoms with E-state index in [-0.39, 0.29) is 35.4 Å². The first kappa shape index (κ1) is 22.8. The van der Waals surface area contributed by atoms with E-state index in [9.17, 15) is 14.7 Å². The first-order valence-corrected chi connectivity index (χ1v) is 12.7. The van der Waals surface area contributed by atoms with Crippen LogP contribution >= 0.6 is 0 Å². The zero-order valence-corrected chi connectivity index (χ0v) is 20.3. The molecule has 0 bridgehead atoms. The zero-order chi connectivity index (χ0) is 23.1. The van der Waals surface area contributed by atoms with Crippen LogP contribution in [0, 0.1) is 34.5 Å². The van der Waals surface area contributed by atoms with Gasteiger partial charge in [-0.25, -0.2) is 0 Å². The topological polar surface area (TPSA) is 82.1 Å². The first-order valence-electron chi connectivity index (χ1n) is 12.7. The summed E-state index contributed by atoms with van der Waals surface area (Å²) < 4.78 is 18.1. The second-order valence-corrected chi connectivity index (χ2v) is 12.3. The van der Waals surface area contributed by atoms with E-state index in [2.05, 4.69) is 13.8 Å². The summed E-state index contributed by atoms with van der Waals surface area (Å²) in [5, 5.41) is 10.3. The summed E-state index contributed by atoms with van der Waals surface area (Å²) in [5.74, 6) is 0.705. The lowest BCUT2D eigenvalue weighted by molar-refractivity contribution is -0.221. The highest BCUT2D eigenvalue weighted by Gasteiger charge is 2.76. The summed E-state index contributed by atoms with van der Waals surface area (Å²) >= 11 is 0. The van der Waals surface area contributed by atoms with Crippen LogP contribution in [0.2, 0.25) is 0 Å². The van der Waals surface area contributed by atoms with E-state index in [4.69, 9.17) is 14.2 Å². The highest BCUT2D eigenvalue weighted by molar-refractivity contribution is 5.92. The Morgan fingerprint density at radius 1 is 1.00 bits per heavy atom. The van der Waals surface area contributed by atoms with Gasteiger partial charge in [-0.1, -0.05) is 13.8 Å². The van der Waals surface area contributed by atoms with Gasteiger partial charge in [-0.2, -0.15) is 0 Å². The van der Waals surface area contributed by atoms with Crippen molar-refractivity contribution in [3.8, 4) is 0 Å². The molecule has 180 valence electrons. The smallest absolute Gasteiger partial charge is 0.303 e. The van der Waals surface area contributed by atoms with Crippen molar-refractivity contribution < 1.29 is 28.9 Å². The fourth-order valence-electron chi connectivity index (χ4n) is 9.11. The molecule has 1 heterocycles. The molecule has 0 aromatic heterocycles. The van der Waals surface area contributed by atoms with Gasteiger partial charge in [-0.05, 0) is 94.3 Å². The predicted octanol–water partition coefficient (Wildman–Crippen LogP) is 4.02. The first-order chi connectivity index (χ1) is 14.9. The Balaban J connectivity index is 1.48. The van der Waals surface area contributed by atoms with Gasteiger partial charge in [0.1, 0.15) is 0 Å². The molecule has 0 amide bonds. The third-order valence-corrected chi connectivity index (χ3v) is 10.5.